The fourth-order valence-corrected chi connectivity index (χ4v) is 1.95. The average Bonchev–Trinajstić information content (AvgIpc) is 2.54. The van der Waals surface area contributed by atoms with Crippen molar-refractivity contribution in [2.45, 2.75) is 34.2 Å². The van der Waals surface area contributed by atoms with Gasteiger partial charge < -0.3 is 10.3 Å². The van der Waals surface area contributed by atoms with E-state index in [0.29, 0.717) is 17.8 Å². The first-order valence-electron chi connectivity index (χ1n) is 6.21. The van der Waals surface area contributed by atoms with Crippen molar-refractivity contribution in [2.75, 3.05) is 5.73 Å². The maximum Gasteiger partial charge on any atom is 0.201 e. The van der Waals surface area contributed by atoms with Gasteiger partial charge in [0.05, 0.1) is 11.0 Å². The molecule has 0 aliphatic rings. The van der Waals surface area contributed by atoms with E-state index in [4.69, 9.17) is 5.73 Å². The van der Waals surface area contributed by atoms with Gasteiger partial charge >= 0.3 is 0 Å². The van der Waals surface area contributed by atoms with Gasteiger partial charge in [-0.3, -0.25) is 0 Å². The maximum absolute atomic E-state index is 6.00. The predicted octanol–water partition coefficient (Wildman–Crippen LogP) is 3.22. The van der Waals surface area contributed by atoms with Crippen LogP contribution in [-0.2, 0) is 6.54 Å². The average molecular weight is 231 g/mol. The molecule has 1 unspecified atom stereocenters. The zero-order valence-corrected chi connectivity index (χ0v) is 11.1. The summed E-state index contributed by atoms with van der Waals surface area (Å²) in [5.74, 6) is 1.87. The second kappa shape index (κ2) is 4.40. The Kier molecular flexibility index (Phi) is 3.09. The molecule has 0 amide bonds. The van der Waals surface area contributed by atoms with E-state index in [9.17, 15) is 0 Å². The van der Waals surface area contributed by atoms with Gasteiger partial charge in [0, 0.05) is 6.54 Å². The van der Waals surface area contributed by atoms with E-state index in [2.05, 4.69) is 55.4 Å². The minimum Gasteiger partial charge on any atom is -0.369 e. The van der Waals surface area contributed by atoms with Crippen LogP contribution in [0.5, 0.6) is 0 Å². The molecular formula is C14H21N3. The standard InChI is InChI=1S/C14H21N3/c1-9(2)11(4)8-17-13-6-5-10(3)7-12(13)16-14(17)15/h5-7,9,11H,8H2,1-4H3,(H2,15,16). The third-order valence-corrected chi connectivity index (χ3v) is 3.54. The van der Waals surface area contributed by atoms with Gasteiger partial charge in [-0.25, -0.2) is 4.98 Å². The molecule has 0 radical (unpaired) electrons. The fraction of sp³-hybridized carbons (Fsp3) is 0.500. The number of rotatable bonds is 3. The smallest absolute Gasteiger partial charge is 0.201 e. The first kappa shape index (κ1) is 12.0. The number of hydrogen-bond donors (Lipinski definition) is 1. The molecule has 0 saturated carbocycles. The van der Waals surface area contributed by atoms with Crippen LogP contribution in [0.3, 0.4) is 0 Å². The van der Waals surface area contributed by atoms with Gasteiger partial charge in [-0.05, 0) is 36.5 Å². The molecule has 3 heteroatoms. The van der Waals surface area contributed by atoms with Crippen LogP contribution in [0.25, 0.3) is 11.0 Å². The first-order valence-corrected chi connectivity index (χ1v) is 6.21. The van der Waals surface area contributed by atoms with Gasteiger partial charge in [0.15, 0.2) is 0 Å². The maximum atomic E-state index is 6.00. The van der Waals surface area contributed by atoms with Crippen LogP contribution >= 0.6 is 0 Å². The molecule has 1 atom stereocenters. The molecule has 1 aromatic carbocycles. The van der Waals surface area contributed by atoms with E-state index in [-0.39, 0.29) is 0 Å². The first-order chi connectivity index (χ1) is 7.99. The minimum absolute atomic E-state index is 0.594. The van der Waals surface area contributed by atoms with Crippen LogP contribution in [0.4, 0.5) is 5.95 Å². The van der Waals surface area contributed by atoms with E-state index in [1.807, 2.05) is 0 Å². The van der Waals surface area contributed by atoms with Crippen molar-refractivity contribution in [2.24, 2.45) is 11.8 Å². The molecule has 0 saturated heterocycles. The lowest BCUT2D eigenvalue weighted by atomic mass is 9.98. The number of fused-ring (bicyclic) bond motifs is 1. The summed E-state index contributed by atoms with van der Waals surface area (Å²) in [6, 6.07) is 6.31. The molecule has 1 aromatic heterocycles. The fourth-order valence-electron chi connectivity index (χ4n) is 1.95. The molecule has 17 heavy (non-hydrogen) atoms. The van der Waals surface area contributed by atoms with Gasteiger partial charge in [-0.1, -0.05) is 26.8 Å². The van der Waals surface area contributed by atoms with Gasteiger partial charge in [0.25, 0.3) is 0 Å². The Morgan fingerprint density at radius 2 is 2.00 bits per heavy atom. The van der Waals surface area contributed by atoms with Crippen LogP contribution in [-0.4, -0.2) is 9.55 Å². The molecule has 2 aromatic rings. The van der Waals surface area contributed by atoms with E-state index in [0.717, 1.165) is 17.6 Å². The number of nitrogens with two attached hydrogens (primary N) is 1. The monoisotopic (exact) mass is 231 g/mol. The number of aromatic nitrogens is 2. The van der Waals surface area contributed by atoms with Crippen LogP contribution < -0.4 is 5.73 Å². The summed E-state index contributed by atoms with van der Waals surface area (Å²) in [6.45, 7) is 9.74. The van der Waals surface area contributed by atoms with E-state index in [1.54, 1.807) is 0 Å². The Bertz CT molecular complexity index is 525. The lowest BCUT2D eigenvalue weighted by molar-refractivity contribution is 0.371. The highest BCUT2D eigenvalue weighted by Crippen LogP contribution is 2.22. The second-order valence-electron chi connectivity index (χ2n) is 5.29. The van der Waals surface area contributed by atoms with Crippen molar-refractivity contribution in [3.05, 3.63) is 23.8 Å². The lowest BCUT2D eigenvalue weighted by Gasteiger charge is -2.17. The number of nitrogens with zero attached hydrogens (tertiary/aromatic N) is 2. The summed E-state index contributed by atoms with van der Waals surface area (Å²) >= 11 is 0. The van der Waals surface area contributed by atoms with E-state index < -0.39 is 0 Å². The highest BCUT2D eigenvalue weighted by atomic mass is 15.2. The zero-order valence-electron chi connectivity index (χ0n) is 11.1. The van der Waals surface area contributed by atoms with Crippen LogP contribution in [0, 0.1) is 18.8 Å². The molecule has 0 aliphatic carbocycles. The van der Waals surface area contributed by atoms with Gasteiger partial charge in [-0.15, -0.1) is 0 Å². The molecule has 0 fully saturated rings. The molecule has 2 rings (SSSR count). The Labute approximate surface area is 103 Å². The molecule has 0 spiro atoms. The Morgan fingerprint density at radius 1 is 1.29 bits per heavy atom. The Morgan fingerprint density at radius 3 is 2.65 bits per heavy atom. The molecule has 3 nitrogen and oxygen atoms in total. The van der Waals surface area contributed by atoms with Crippen LogP contribution in [0.2, 0.25) is 0 Å². The predicted molar refractivity (Wildman–Crippen MR) is 72.9 cm³/mol. The summed E-state index contributed by atoms with van der Waals surface area (Å²) < 4.78 is 2.12. The highest BCUT2D eigenvalue weighted by molar-refractivity contribution is 5.79. The molecule has 0 bridgehead atoms. The number of anilines is 1. The molecule has 0 aliphatic heterocycles. The van der Waals surface area contributed by atoms with Crippen molar-refractivity contribution < 1.29 is 0 Å². The Hall–Kier alpha value is -1.51. The zero-order chi connectivity index (χ0) is 12.6. The number of hydrogen-bond acceptors (Lipinski definition) is 2. The topological polar surface area (TPSA) is 43.8 Å². The molecule has 92 valence electrons. The lowest BCUT2D eigenvalue weighted by Crippen LogP contribution is -2.14. The summed E-state index contributed by atoms with van der Waals surface area (Å²) in [7, 11) is 0. The minimum atomic E-state index is 0.594. The van der Waals surface area contributed by atoms with Gasteiger partial charge in [-0.2, -0.15) is 0 Å². The summed E-state index contributed by atoms with van der Waals surface area (Å²) in [4.78, 5) is 4.43. The number of aryl methyl sites for hydroxylation is 1. The molecular weight excluding hydrogens is 210 g/mol. The third kappa shape index (κ3) is 2.28. The van der Waals surface area contributed by atoms with Crippen LogP contribution in [0.15, 0.2) is 18.2 Å². The quantitative estimate of drug-likeness (QED) is 0.881. The van der Waals surface area contributed by atoms with Crippen LogP contribution in [0.1, 0.15) is 26.3 Å². The van der Waals surface area contributed by atoms with Crippen molar-refractivity contribution in [3.8, 4) is 0 Å². The van der Waals surface area contributed by atoms with Crippen molar-refractivity contribution in [1.82, 2.24) is 9.55 Å². The number of nitrogen functional groups attached to an aromatic ring is 1. The van der Waals surface area contributed by atoms with Crippen molar-refractivity contribution >= 4 is 17.0 Å². The summed E-state index contributed by atoms with van der Waals surface area (Å²) in [5.41, 5.74) is 9.36. The molecule has 1 heterocycles. The second-order valence-corrected chi connectivity index (χ2v) is 5.29. The number of imidazole rings is 1. The largest absolute Gasteiger partial charge is 0.369 e. The molecule has 2 N–H and O–H groups in total. The van der Waals surface area contributed by atoms with Crippen molar-refractivity contribution in [1.29, 1.82) is 0 Å². The van der Waals surface area contributed by atoms with Crippen molar-refractivity contribution in [3.63, 3.8) is 0 Å². The van der Waals surface area contributed by atoms with E-state index in [1.165, 1.54) is 5.56 Å². The highest BCUT2D eigenvalue weighted by Gasteiger charge is 2.13. The number of benzene rings is 1. The SMILES string of the molecule is Cc1ccc2c(c1)nc(N)n2CC(C)C(C)C. The van der Waals surface area contributed by atoms with E-state index >= 15 is 0 Å². The van der Waals surface area contributed by atoms with Gasteiger partial charge in [0.2, 0.25) is 5.95 Å². The van der Waals surface area contributed by atoms with Gasteiger partial charge in [0.1, 0.15) is 0 Å². The summed E-state index contributed by atoms with van der Waals surface area (Å²) in [5, 5.41) is 0. The normalized spacial score (nSPS) is 13.5. The summed E-state index contributed by atoms with van der Waals surface area (Å²) in [6.07, 6.45) is 0. The Balaban J connectivity index is 2.43. The third-order valence-electron chi connectivity index (χ3n) is 3.54.